The Bertz CT molecular complexity index is 474. The standard InChI is InChI=1S/C14H18ClNO3/c1-3-4-6-9(2)13(17)16-11-8-5-7-10(15)12(11)14(18)19/h5,7-9H,3-4,6H2,1-2H3,(H,16,17)(H,18,19). The van der Waals surface area contributed by atoms with Crippen LogP contribution in [0.15, 0.2) is 18.2 Å². The minimum Gasteiger partial charge on any atom is -0.478 e. The topological polar surface area (TPSA) is 66.4 Å². The highest BCUT2D eigenvalue weighted by Crippen LogP contribution is 2.25. The lowest BCUT2D eigenvalue weighted by Gasteiger charge is -2.13. The average Bonchev–Trinajstić information content (AvgIpc) is 2.35. The maximum absolute atomic E-state index is 12.0. The van der Waals surface area contributed by atoms with Crippen LogP contribution in [-0.4, -0.2) is 17.0 Å². The number of nitrogens with one attached hydrogen (secondary N) is 1. The van der Waals surface area contributed by atoms with Crippen molar-refractivity contribution in [1.82, 2.24) is 0 Å². The number of aromatic carboxylic acids is 1. The van der Waals surface area contributed by atoms with Crippen LogP contribution in [0.5, 0.6) is 0 Å². The van der Waals surface area contributed by atoms with E-state index in [1.54, 1.807) is 12.1 Å². The van der Waals surface area contributed by atoms with Gasteiger partial charge in [0.25, 0.3) is 0 Å². The lowest BCUT2D eigenvalue weighted by Crippen LogP contribution is -2.21. The molecule has 2 N–H and O–H groups in total. The highest BCUT2D eigenvalue weighted by Gasteiger charge is 2.18. The van der Waals surface area contributed by atoms with Gasteiger partial charge in [0.05, 0.1) is 10.7 Å². The van der Waals surface area contributed by atoms with Gasteiger partial charge in [-0.15, -0.1) is 0 Å². The van der Waals surface area contributed by atoms with Crippen molar-refractivity contribution in [3.8, 4) is 0 Å². The van der Waals surface area contributed by atoms with Crippen molar-refractivity contribution in [3.63, 3.8) is 0 Å². The molecule has 1 aromatic carbocycles. The molecule has 0 saturated carbocycles. The summed E-state index contributed by atoms with van der Waals surface area (Å²) >= 11 is 5.84. The summed E-state index contributed by atoms with van der Waals surface area (Å²) in [7, 11) is 0. The molecule has 0 aliphatic carbocycles. The molecule has 0 heterocycles. The van der Waals surface area contributed by atoms with Crippen LogP contribution in [0.3, 0.4) is 0 Å². The molecule has 1 unspecified atom stereocenters. The molecule has 0 radical (unpaired) electrons. The van der Waals surface area contributed by atoms with E-state index >= 15 is 0 Å². The third kappa shape index (κ3) is 4.24. The molecule has 0 bridgehead atoms. The average molecular weight is 284 g/mol. The molecule has 0 aromatic heterocycles. The van der Waals surface area contributed by atoms with E-state index in [2.05, 4.69) is 12.2 Å². The molecule has 104 valence electrons. The maximum Gasteiger partial charge on any atom is 0.339 e. The highest BCUT2D eigenvalue weighted by atomic mass is 35.5. The van der Waals surface area contributed by atoms with Gasteiger partial charge >= 0.3 is 5.97 Å². The van der Waals surface area contributed by atoms with Gasteiger partial charge in [-0.25, -0.2) is 4.79 Å². The Balaban J connectivity index is 2.85. The Kier molecular flexibility index (Phi) is 5.83. The number of carboxylic acid groups (broad SMARTS) is 1. The van der Waals surface area contributed by atoms with Gasteiger partial charge in [-0.2, -0.15) is 0 Å². The van der Waals surface area contributed by atoms with Gasteiger partial charge < -0.3 is 10.4 Å². The smallest absolute Gasteiger partial charge is 0.339 e. The summed E-state index contributed by atoms with van der Waals surface area (Å²) in [6.07, 6.45) is 2.77. The molecule has 0 aliphatic rings. The van der Waals surface area contributed by atoms with Gasteiger partial charge in [0.1, 0.15) is 5.56 Å². The minimum atomic E-state index is -1.15. The third-order valence-electron chi connectivity index (χ3n) is 2.92. The van der Waals surface area contributed by atoms with E-state index < -0.39 is 5.97 Å². The van der Waals surface area contributed by atoms with Crippen LogP contribution < -0.4 is 5.32 Å². The molecule has 1 rings (SSSR count). The lowest BCUT2D eigenvalue weighted by atomic mass is 10.0. The van der Waals surface area contributed by atoms with Gasteiger partial charge in [-0.1, -0.05) is 44.4 Å². The predicted octanol–water partition coefficient (Wildman–Crippen LogP) is 3.80. The molecule has 0 spiro atoms. The number of benzene rings is 1. The van der Waals surface area contributed by atoms with Crippen molar-refractivity contribution in [2.45, 2.75) is 33.1 Å². The van der Waals surface area contributed by atoms with Crippen LogP contribution in [-0.2, 0) is 4.79 Å². The predicted molar refractivity (Wildman–Crippen MR) is 75.7 cm³/mol. The molecule has 0 fully saturated rings. The van der Waals surface area contributed by atoms with Crippen LogP contribution in [0.25, 0.3) is 0 Å². The molecule has 5 heteroatoms. The Labute approximate surface area is 117 Å². The zero-order valence-electron chi connectivity index (χ0n) is 11.1. The summed E-state index contributed by atoms with van der Waals surface area (Å²) in [5, 5.41) is 11.9. The summed E-state index contributed by atoms with van der Waals surface area (Å²) in [4.78, 5) is 23.1. The first-order chi connectivity index (χ1) is 8.97. The normalized spacial score (nSPS) is 11.9. The van der Waals surface area contributed by atoms with Crippen LogP contribution in [0.4, 0.5) is 5.69 Å². The Morgan fingerprint density at radius 2 is 2.11 bits per heavy atom. The summed E-state index contributed by atoms with van der Waals surface area (Å²) in [5.74, 6) is -1.49. The van der Waals surface area contributed by atoms with Crippen LogP contribution in [0.1, 0.15) is 43.5 Å². The van der Waals surface area contributed by atoms with Gasteiger partial charge in [-0.05, 0) is 18.6 Å². The Morgan fingerprint density at radius 3 is 2.68 bits per heavy atom. The van der Waals surface area contributed by atoms with E-state index in [9.17, 15) is 9.59 Å². The van der Waals surface area contributed by atoms with Crippen molar-refractivity contribution >= 4 is 29.2 Å². The molecular weight excluding hydrogens is 266 g/mol. The molecule has 4 nitrogen and oxygen atoms in total. The van der Waals surface area contributed by atoms with Gasteiger partial charge in [0.2, 0.25) is 5.91 Å². The van der Waals surface area contributed by atoms with Crippen molar-refractivity contribution in [2.24, 2.45) is 5.92 Å². The first kappa shape index (κ1) is 15.5. The molecule has 1 atom stereocenters. The van der Waals surface area contributed by atoms with E-state index in [1.807, 2.05) is 6.92 Å². The van der Waals surface area contributed by atoms with Crippen LogP contribution >= 0.6 is 11.6 Å². The number of carbonyl (C=O) groups excluding carboxylic acids is 1. The van der Waals surface area contributed by atoms with E-state index in [0.717, 1.165) is 19.3 Å². The van der Waals surface area contributed by atoms with Crippen molar-refractivity contribution in [1.29, 1.82) is 0 Å². The second kappa shape index (κ2) is 7.14. The summed E-state index contributed by atoms with van der Waals surface area (Å²) in [6.45, 7) is 3.89. The fourth-order valence-corrected chi connectivity index (χ4v) is 2.00. The number of hydrogen-bond acceptors (Lipinski definition) is 2. The third-order valence-corrected chi connectivity index (χ3v) is 3.24. The highest BCUT2D eigenvalue weighted by molar-refractivity contribution is 6.34. The number of carbonyl (C=O) groups is 2. The summed E-state index contributed by atoms with van der Waals surface area (Å²) in [6, 6.07) is 4.64. The fraction of sp³-hybridized carbons (Fsp3) is 0.429. The number of amides is 1. The largest absolute Gasteiger partial charge is 0.478 e. The Hall–Kier alpha value is -1.55. The zero-order chi connectivity index (χ0) is 14.4. The number of rotatable bonds is 6. The second-order valence-electron chi connectivity index (χ2n) is 4.50. The number of unbranched alkanes of at least 4 members (excludes halogenated alkanes) is 1. The first-order valence-electron chi connectivity index (χ1n) is 6.30. The molecule has 19 heavy (non-hydrogen) atoms. The van der Waals surface area contributed by atoms with Gasteiger partial charge in [-0.3, -0.25) is 4.79 Å². The number of carboxylic acids is 1. The lowest BCUT2D eigenvalue weighted by molar-refractivity contribution is -0.119. The van der Waals surface area contributed by atoms with Gasteiger partial charge in [0, 0.05) is 5.92 Å². The van der Waals surface area contributed by atoms with Crippen LogP contribution in [0, 0.1) is 5.92 Å². The fourth-order valence-electron chi connectivity index (χ4n) is 1.74. The molecule has 0 saturated heterocycles. The Morgan fingerprint density at radius 1 is 1.42 bits per heavy atom. The first-order valence-corrected chi connectivity index (χ1v) is 6.67. The second-order valence-corrected chi connectivity index (χ2v) is 4.91. The van der Waals surface area contributed by atoms with Crippen molar-refractivity contribution < 1.29 is 14.7 Å². The van der Waals surface area contributed by atoms with Gasteiger partial charge in [0.15, 0.2) is 0 Å². The number of anilines is 1. The summed E-state index contributed by atoms with van der Waals surface area (Å²) < 4.78 is 0. The van der Waals surface area contributed by atoms with E-state index in [4.69, 9.17) is 16.7 Å². The molecule has 1 aromatic rings. The van der Waals surface area contributed by atoms with E-state index in [-0.39, 0.29) is 28.1 Å². The molecular formula is C14H18ClNO3. The monoisotopic (exact) mass is 283 g/mol. The van der Waals surface area contributed by atoms with Crippen molar-refractivity contribution in [2.75, 3.05) is 5.32 Å². The van der Waals surface area contributed by atoms with E-state index in [1.165, 1.54) is 6.07 Å². The number of hydrogen-bond donors (Lipinski definition) is 2. The number of halogens is 1. The summed E-state index contributed by atoms with van der Waals surface area (Å²) in [5.41, 5.74) is 0.175. The molecule has 0 aliphatic heterocycles. The van der Waals surface area contributed by atoms with E-state index in [0.29, 0.717) is 0 Å². The zero-order valence-corrected chi connectivity index (χ0v) is 11.8. The molecule has 1 amide bonds. The quantitative estimate of drug-likeness (QED) is 0.834. The minimum absolute atomic E-state index is 0.0693. The SMILES string of the molecule is CCCCC(C)C(=O)Nc1cccc(Cl)c1C(=O)O. The van der Waals surface area contributed by atoms with Crippen LogP contribution in [0.2, 0.25) is 5.02 Å². The van der Waals surface area contributed by atoms with Crippen molar-refractivity contribution in [3.05, 3.63) is 28.8 Å². The maximum atomic E-state index is 12.0.